The molecule has 6 atom stereocenters. The fourth-order valence-electron chi connectivity index (χ4n) is 6.43. The van der Waals surface area contributed by atoms with Gasteiger partial charge in [0.05, 0.1) is 17.0 Å². The van der Waals surface area contributed by atoms with Crippen molar-refractivity contribution in [2.75, 3.05) is 0 Å². The van der Waals surface area contributed by atoms with Gasteiger partial charge in [-0.3, -0.25) is 14.5 Å². The predicted molar refractivity (Wildman–Crippen MR) is 106 cm³/mol. The number of hydrogen-bond acceptors (Lipinski definition) is 5. The molecule has 0 aromatic heterocycles. The molecule has 2 saturated heterocycles. The van der Waals surface area contributed by atoms with E-state index >= 15 is 0 Å². The van der Waals surface area contributed by atoms with Gasteiger partial charge in [-0.25, -0.2) is 8.42 Å². The van der Waals surface area contributed by atoms with Gasteiger partial charge < -0.3 is 0 Å². The molecule has 0 N–H and O–H groups in total. The Kier molecular flexibility index (Phi) is 3.41. The van der Waals surface area contributed by atoms with Crippen molar-refractivity contribution < 1.29 is 18.0 Å². The Morgan fingerprint density at radius 3 is 2.38 bits per heavy atom. The molecule has 1 unspecified atom stereocenters. The Hall–Kier alpha value is -2.31. The molecule has 5 nitrogen and oxygen atoms in total. The number of hydrogen-bond donors (Lipinski definition) is 0. The summed E-state index contributed by atoms with van der Waals surface area (Å²) in [4.78, 5) is 29.0. The second kappa shape index (κ2) is 5.64. The molecule has 1 saturated carbocycles. The molecule has 0 amide bonds. The number of benzene rings is 2. The maximum absolute atomic E-state index is 14.0. The summed E-state index contributed by atoms with van der Waals surface area (Å²) in [6, 6.07) is 14.9. The predicted octanol–water partition coefficient (Wildman–Crippen LogP) is 3.02. The van der Waals surface area contributed by atoms with E-state index in [-0.39, 0.29) is 34.8 Å². The van der Waals surface area contributed by atoms with Gasteiger partial charge in [-0.1, -0.05) is 42.5 Å². The SMILES string of the molecule is O=C1CCC[C@@H]2[C@@H]1C[C@@]1(S(=O)(=O)c3ccccc3)C(=O)[C@@H]3c4ccccc4[C@H]1N32. The second-order valence-electron chi connectivity index (χ2n) is 8.69. The Labute approximate surface area is 169 Å². The number of nitrogens with zero attached hydrogens (tertiary/aromatic N) is 1. The van der Waals surface area contributed by atoms with Crippen LogP contribution in [0.4, 0.5) is 0 Å². The van der Waals surface area contributed by atoms with Crippen LogP contribution >= 0.6 is 0 Å². The van der Waals surface area contributed by atoms with E-state index in [1.807, 2.05) is 24.3 Å². The van der Waals surface area contributed by atoms with E-state index in [4.69, 9.17) is 0 Å². The molecular formula is C23H21NO4S. The van der Waals surface area contributed by atoms with Gasteiger partial charge in [0.15, 0.2) is 20.4 Å². The highest BCUT2D eigenvalue weighted by molar-refractivity contribution is 7.93. The van der Waals surface area contributed by atoms with Crippen molar-refractivity contribution >= 4 is 21.4 Å². The summed E-state index contributed by atoms with van der Waals surface area (Å²) in [5, 5.41) is 0. The monoisotopic (exact) mass is 407 g/mol. The zero-order chi connectivity index (χ0) is 20.0. The first-order valence-corrected chi connectivity index (χ1v) is 11.7. The third kappa shape index (κ3) is 1.92. The first-order valence-electron chi connectivity index (χ1n) is 10.2. The number of rotatable bonds is 2. The Balaban J connectivity index is 1.63. The zero-order valence-electron chi connectivity index (χ0n) is 15.8. The van der Waals surface area contributed by atoms with Crippen molar-refractivity contribution in [2.45, 2.75) is 53.5 Å². The number of piperidine rings is 1. The van der Waals surface area contributed by atoms with Crippen LogP contribution in [0.2, 0.25) is 0 Å². The molecule has 6 heteroatoms. The van der Waals surface area contributed by atoms with Gasteiger partial charge in [-0.2, -0.15) is 0 Å². The third-order valence-electron chi connectivity index (χ3n) is 7.53. The summed E-state index contributed by atoms with van der Waals surface area (Å²) in [5.74, 6) is -0.522. The minimum absolute atomic E-state index is 0.0517. The van der Waals surface area contributed by atoms with E-state index < -0.39 is 26.7 Å². The van der Waals surface area contributed by atoms with Gasteiger partial charge in [-0.15, -0.1) is 0 Å². The summed E-state index contributed by atoms with van der Waals surface area (Å²) in [5.41, 5.74) is 1.85. The topological polar surface area (TPSA) is 71.5 Å². The van der Waals surface area contributed by atoms with E-state index in [9.17, 15) is 18.0 Å². The summed E-state index contributed by atoms with van der Waals surface area (Å²) >= 11 is 0. The van der Waals surface area contributed by atoms with Crippen molar-refractivity contribution in [3.63, 3.8) is 0 Å². The van der Waals surface area contributed by atoms with Crippen LogP contribution in [0.25, 0.3) is 0 Å². The van der Waals surface area contributed by atoms with Crippen LogP contribution in [0.5, 0.6) is 0 Å². The fourth-order valence-corrected chi connectivity index (χ4v) is 8.68. The van der Waals surface area contributed by atoms with Crippen molar-refractivity contribution in [1.29, 1.82) is 0 Å². The van der Waals surface area contributed by atoms with Crippen LogP contribution in [0.3, 0.4) is 0 Å². The quantitative estimate of drug-likeness (QED) is 0.765. The summed E-state index contributed by atoms with van der Waals surface area (Å²) in [7, 11) is -3.97. The highest BCUT2D eigenvalue weighted by Crippen LogP contribution is 2.66. The lowest BCUT2D eigenvalue weighted by Gasteiger charge is -2.48. The fraction of sp³-hybridized carbons (Fsp3) is 0.391. The van der Waals surface area contributed by atoms with E-state index in [1.165, 1.54) is 0 Å². The summed E-state index contributed by atoms with van der Waals surface area (Å²) in [6.07, 6.45) is 2.23. The summed E-state index contributed by atoms with van der Waals surface area (Å²) in [6.45, 7) is 0. The van der Waals surface area contributed by atoms with Gasteiger partial charge in [-0.05, 0) is 42.5 Å². The molecule has 4 bridgehead atoms. The smallest absolute Gasteiger partial charge is 0.193 e. The van der Waals surface area contributed by atoms with Crippen molar-refractivity contribution in [3.8, 4) is 0 Å². The molecule has 2 aromatic carbocycles. The van der Waals surface area contributed by atoms with Gasteiger partial charge in [0.25, 0.3) is 0 Å². The lowest BCUT2D eigenvalue weighted by Crippen LogP contribution is -2.59. The molecule has 29 heavy (non-hydrogen) atoms. The average molecular weight is 407 g/mol. The Morgan fingerprint density at radius 2 is 1.62 bits per heavy atom. The number of Topliss-reactive ketones (excluding diaryl/α,β-unsaturated/α-hetero) is 2. The van der Waals surface area contributed by atoms with E-state index in [1.54, 1.807) is 30.3 Å². The van der Waals surface area contributed by atoms with Gasteiger partial charge in [0, 0.05) is 18.4 Å². The highest BCUT2D eigenvalue weighted by Gasteiger charge is 2.75. The zero-order valence-corrected chi connectivity index (χ0v) is 16.6. The molecule has 3 fully saturated rings. The molecule has 0 spiro atoms. The van der Waals surface area contributed by atoms with Crippen LogP contribution in [0.1, 0.15) is 48.9 Å². The molecule has 4 aliphatic rings. The van der Waals surface area contributed by atoms with Crippen LogP contribution in [0, 0.1) is 5.92 Å². The molecule has 3 aliphatic heterocycles. The minimum atomic E-state index is -3.97. The Morgan fingerprint density at radius 1 is 0.931 bits per heavy atom. The van der Waals surface area contributed by atoms with Gasteiger partial charge in [0.2, 0.25) is 0 Å². The van der Waals surface area contributed by atoms with Crippen molar-refractivity contribution in [3.05, 3.63) is 65.7 Å². The summed E-state index contributed by atoms with van der Waals surface area (Å²) < 4.78 is 26.4. The average Bonchev–Trinajstić information content (AvgIpc) is 3.18. The number of sulfone groups is 1. The van der Waals surface area contributed by atoms with Crippen LogP contribution < -0.4 is 0 Å². The molecule has 3 heterocycles. The first-order chi connectivity index (χ1) is 14.0. The van der Waals surface area contributed by atoms with E-state index in [0.29, 0.717) is 6.42 Å². The van der Waals surface area contributed by atoms with E-state index in [2.05, 4.69) is 4.90 Å². The largest absolute Gasteiger partial charge is 0.299 e. The number of fused-ring (bicyclic) bond motifs is 3. The van der Waals surface area contributed by atoms with Crippen LogP contribution in [0.15, 0.2) is 59.5 Å². The number of ketones is 2. The molecule has 6 rings (SSSR count). The van der Waals surface area contributed by atoms with Crippen molar-refractivity contribution in [2.24, 2.45) is 5.92 Å². The highest BCUT2D eigenvalue weighted by atomic mass is 32.2. The molecule has 2 aromatic rings. The second-order valence-corrected chi connectivity index (χ2v) is 10.9. The molecule has 148 valence electrons. The van der Waals surface area contributed by atoms with Crippen molar-refractivity contribution in [1.82, 2.24) is 4.90 Å². The molecule has 1 aliphatic carbocycles. The Bertz CT molecular complexity index is 1160. The van der Waals surface area contributed by atoms with Gasteiger partial charge >= 0.3 is 0 Å². The lowest BCUT2D eigenvalue weighted by atomic mass is 9.70. The third-order valence-corrected chi connectivity index (χ3v) is 9.97. The minimum Gasteiger partial charge on any atom is -0.299 e. The maximum atomic E-state index is 14.0. The lowest BCUT2D eigenvalue weighted by molar-refractivity contribution is -0.130. The number of carbonyl (C=O) groups is 2. The molecule has 0 radical (unpaired) electrons. The standard InChI is InChI=1S/C23H21NO4S/c25-19-12-6-11-18-17(19)13-23(29(27,28)14-7-2-1-3-8-14)21-16-10-5-4-9-15(16)20(22(23)26)24(18)21/h1-5,7-10,17-18,20-21H,6,11-13H2/t17-,18+,20-,21+,23-/m0/s1. The normalized spacial score (nSPS) is 37.3. The van der Waals surface area contributed by atoms with Crippen LogP contribution in [-0.4, -0.2) is 35.7 Å². The first kappa shape index (κ1) is 17.5. The van der Waals surface area contributed by atoms with Gasteiger partial charge in [0.1, 0.15) is 5.78 Å². The van der Waals surface area contributed by atoms with Crippen LogP contribution in [-0.2, 0) is 19.4 Å². The maximum Gasteiger partial charge on any atom is 0.193 e. The van der Waals surface area contributed by atoms with E-state index in [0.717, 1.165) is 24.0 Å². The molecular weight excluding hydrogens is 386 g/mol. The number of carbonyl (C=O) groups excluding carboxylic acids is 2.